The van der Waals surface area contributed by atoms with Crippen LogP contribution >= 0.6 is 0 Å². The lowest BCUT2D eigenvalue weighted by Crippen LogP contribution is -2.60. The molecule has 0 spiro atoms. The Bertz CT molecular complexity index is 170. The van der Waals surface area contributed by atoms with Crippen molar-refractivity contribution in [1.82, 2.24) is 9.80 Å². The highest BCUT2D eigenvalue weighted by molar-refractivity contribution is 4.86. The molecule has 2 aliphatic rings. The van der Waals surface area contributed by atoms with Gasteiger partial charge in [-0.1, -0.05) is 6.92 Å². The summed E-state index contributed by atoms with van der Waals surface area (Å²) in [5, 5.41) is 0. The summed E-state index contributed by atoms with van der Waals surface area (Å²) in [5.41, 5.74) is 0. The van der Waals surface area contributed by atoms with Crippen LogP contribution in [0.2, 0.25) is 0 Å². The normalized spacial score (nSPS) is 33.2. The largest absolute Gasteiger partial charge is 0.378 e. The van der Waals surface area contributed by atoms with Crippen LogP contribution in [0.3, 0.4) is 0 Å². The molecule has 3 heteroatoms. The second-order valence-electron chi connectivity index (χ2n) is 4.17. The van der Waals surface area contributed by atoms with Gasteiger partial charge >= 0.3 is 0 Å². The number of nitrogens with zero attached hydrogens (tertiary/aromatic N) is 2. The Morgan fingerprint density at radius 2 is 2.08 bits per heavy atom. The van der Waals surface area contributed by atoms with Gasteiger partial charge < -0.3 is 9.64 Å². The van der Waals surface area contributed by atoms with Gasteiger partial charge in [-0.3, -0.25) is 4.90 Å². The number of hydrogen-bond donors (Lipinski definition) is 0. The van der Waals surface area contributed by atoms with Gasteiger partial charge in [0, 0.05) is 25.7 Å². The van der Waals surface area contributed by atoms with E-state index in [1.165, 1.54) is 26.2 Å². The van der Waals surface area contributed by atoms with Crippen LogP contribution < -0.4 is 0 Å². The van der Waals surface area contributed by atoms with Crippen molar-refractivity contribution in [2.75, 3.05) is 39.4 Å². The van der Waals surface area contributed by atoms with E-state index < -0.39 is 0 Å². The molecular weight excluding hydrogens is 164 g/mol. The van der Waals surface area contributed by atoms with E-state index in [0.717, 1.165) is 13.2 Å². The van der Waals surface area contributed by atoms with Crippen LogP contribution in [0.5, 0.6) is 0 Å². The van der Waals surface area contributed by atoms with Crippen molar-refractivity contribution in [3.05, 3.63) is 0 Å². The first-order valence-electron chi connectivity index (χ1n) is 5.37. The standard InChI is InChI=1S/C10H20N2O/c1-3-11-4-5-12(9(2)6-11)10-7-13-8-10/h9-10H,3-8H2,1-2H3/t9-/m0/s1. The minimum Gasteiger partial charge on any atom is -0.378 e. The third-order valence-corrected chi connectivity index (χ3v) is 3.30. The molecule has 2 saturated heterocycles. The van der Waals surface area contributed by atoms with Crippen molar-refractivity contribution in [3.63, 3.8) is 0 Å². The van der Waals surface area contributed by atoms with E-state index in [-0.39, 0.29) is 0 Å². The summed E-state index contributed by atoms with van der Waals surface area (Å²) < 4.78 is 5.23. The summed E-state index contributed by atoms with van der Waals surface area (Å²) in [6, 6.07) is 1.43. The van der Waals surface area contributed by atoms with Crippen LogP contribution in [-0.4, -0.2) is 61.3 Å². The number of rotatable bonds is 2. The van der Waals surface area contributed by atoms with E-state index >= 15 is 0 Å². The van der Waals surface area contributed by atoms with Crippen LogP contribution in [0.15, 0.2) is 0 Å². The molecule has 76 valence electrons. The minimum atomic E-state index is 0.711. The molecule has 0 aromatic carbocycles. The zero-order valence-corrected chi connectivity index (χ0v) is 8.70. The van der Waals surface area contributed by atoms with Crippen molar-refractivity contribution in [2.45, 2.75) is 25.9 Å². The molecule has 1 atom stereocenters. The quantitative estimate of drug-likeness (QED) is 0.618. The maximum absolute atomic E-state index is 5.23. The van der Waals surface area contributed by atoms with Crippen molar-refractivity contribution < 1.29 is 4.74 Å². The summed E-state index contributed by atoms with van der Waals surface area (Å²) in [4.78, 5) is 5.14. The molecular formula is C10H20N2O. The molecule has 0 aromatic rings. The molecule has 2 fully saturated rings. The lowest BCUT2D eigenvalue weighted by Gasteiger charge is -2.46. The first-order chi connectivity index (χ1) is 6.31. The Morgan fingerprint density at radius 3 is 2.54 bits per heavy atom. The summed E-state index contributed by atoms with van der Waals surface area (Å²) in [7, 11) is 0. The van der Waals surface area contributed by atoms with Crippen LogP contribution in [-0.2, 0) is 4.74 Å². The second-order valence-corrected chi connectivity index (χ2v) is 4.17. The van der Waals surface area contributed by atoms with E-state index in [1.54, 1.807) is 0 Å². The van der Waals surface area contributed by atoms with Gasteiger partial charge in [0.1, 0.15) is 0 Å². The van der Waals surface area contributed by atoms with Gasteiger partial charge in [0.15, 0.2) is 0 Å². The molecule has 2 heterocycles. The molecule has 0 N–H and O–H groups in total. The van der Waals surface area contributed by atoms with E-state index in [1.807, 2.05) is 0 Å². The molecule has 0 saturated carbocycles. The fourth-order valence-electron chi connectivity index (χ4n) is 2.29. The Balaban J connectivity index is 1.85. The molecule has 0 amide bonds. The highest BCUT2D eigenvalue weighted by atomic mass is 16.5. The fourth-order valence-corrected chi connectivity index (χ4v) is 2.29. The summed E-state index contributed by atoms with van der Waals surface area (Å²) >= 11 is 0. The first-order valence-corrected chi connectivity index (χ1v) is 5.37. The third kappa shape index (κ3) is 1.87. The van der Waals surface area contributed by atoms with Gasteiger partial charge in [0.05, 0.1) is 19.3 Å². The Hall–Kier alpha value is -0.120. The maximum atomic E-state index is 5.23. The van der Waals surface area contributed by atoms with Crippen molar-refractivity contribution in [1.29, 1.82) is 0 Å². The van der Waals surface area contributed by atoms with Crippen LogP contribution in [0.1, 0.15) is 13.8 Å². The number of piperazine rings is 1. The number of likely N-dealkylation sites (N-methyl/N-ethyl adjacent to an activating group) is 1. The highest BCUT2D eigenvalue weighted by Gasteiger charge is 2.32. The van der Waals surface area contributed by atoms with Gasteiger partial charge in [-0.25, -0.2) is 0 Å². The van der Waals surface area contributed by atoms with E-state index in [0.29, 0.717) is 12.1 Å². The minimum absolute atomic E-state index is 0.711. The molecule has 0 radical (unpaired) electrons. The number of hydrogen-bond acceptors (Lipinski definition) is 3. The molecule has 3 nitrogen and oxygen atoms in total. The van der Waals surface area contributed by atoms with Crippen LogP contribution in [0.4, 0.5) is 0 Å². The Morgan fingerprint density at radius 1 is 1.31 bits per heavy atom. The summed E-state index contributed by atoms with van der Waals surface area (Å²) in [6.45, 7) is 11.4. The van der Waals surface area contributed by atoms with Crippen molar-refractivity contribution in [3.8, 4) is 0 Å². The molecule has 0 unspecified atom stereocenters. The topological polar surface area (TPSA) is 15.7 Å². The van der Waals surface area contributed by atoms with Crippen molar-refractivity contribution in [2.24, 2.45) is 0 Å². The monoisotopic (exact) mass is 184 g/mol. The predicted octanol–water partition coefficient (Wildman–Crippen LogP) is 0.411. The van der Waals surface area contributed by atoms with Gasteiger partial charge in [0.2, 0.25) is 0 Å². The molecule has 0 bridgehead atoms. The summed E-state index contributed by atoms with van der Waals surface area (Å²) in [5.74, 6) is 0. The molecule has 2 rings (SSSR count). The van der Waals surface area contributed by atoms with Crippen LogP contribution in [0, 0.1) is 0 Å². The Kier molecular flexibility index (Phi) is 2.86. The highest BCUT2D eigenvalue weighted by Crippen LogP contribution is 2.17. The van der Waals surface area contributed by atoms with Crippen LogP contribution in [0.25, 0.3) is 0 Å². The maximum Gasteiger partial charge on any atom is 0.0645 e. The first kappa shape index (κ1) is 9.44. The van der Waals surface area contributed by atoms with E-state index in [2.05, 4.69) is 23.6 Å². The van der Waals surface area contributed by atoms with E-state index in [9.17, 15) is 0 Å². The average molecular weight is 184 g/mol. The molecule has 13 heavy (non-hydrogen) atoms. The smallest absolute Gasteiger partial charge is 0.0645 e. The van der Waals surface area contributed by atoms with Gasteiger partial charge in [0.25, 0.3) is 0 Å². The molecule has 0 aliphatic carbocycles. The lowest BCUT2D eigenvalue weighted by atomic mass is 10.1. The molecule has 0 aromatic heterocycles. The summed E-state index contributed by atoms with van der Waals surface area (Å²) in [6.07, 6.45) is 0. The second kappa shape index (κ2) is 3.95. The lowest BCUT2D eigenvalue weighted by molar-refractivity contribution is -0.0928. The number of ether oxygens (including phenoxy) is 1. The van der Waals surface area contributed by atoms with Gasteiger partial charge in [-0.2, -0.15) is 0 Å². The van der Waals surface area contributed by atoms with E-state index in [4.69, 9.17) is 4.74 Å². The Labute approximate surface area is 80.6 Å². The third-order valence-electron chi connectivity index (χ3n) is 3.30. The predicted molar refractivity (Wildman–Crippen MR) is 52.9 cm³/mol. The van der Waals surface area contributed by atoms with Gasteiger partial charge in [-0.15, -0.1) is 0 Å². The van der Waals surface area contributed by atoms with Gasteiger partial charge in [-0.05, 0) is 13.5 Å². The SMILES string of the molecule is CCN1CCN(C2COC2)[C@@H](C)C1. The molecule has 2 aliphatic heterocycles. The fraction of sp³-hybridized carbons (Fsp3) is 1.00. The average Bonchev–Trinajstić information content (AvgIpc) is 2.05. The van der Waals surface area contributed by atoms with Crippen molar-refractivity contribution >= 4 is 0 Å². The zero-order valence-electron chi connectivity index (χ0n) is 8.70. The zero-order chi connectivity index (χ0) is 9.26.